The summed E-state index contributed by atoms with van der Waals surface area (Å²) in [6.45, 7) is 7.48. The molecule has 1 atom stereocenters. The SMILES string of the molecule is CC(C)(CO)CNCC1CCCN1. The Morgan fingerprint density at radius 3 is 2.85 bits per heavy atom. The Morgan fingerprint density at radius 2 is 2.31 bits per heavy atom. The highest BCUT2D eigenvalue weighted by atomic mass is 16.3. The summed E-state index contributed by atoms with van der Waals surface area (Å²) in [5, 5.41) is 15.9. The van der Waals surface area contributed by atoms with Crippen molar-refractivity contribution in [3.63, 3.8) is 0 Å². The lowest BCUT2D eigenvalue weighted by Crippen LogP contribution is -2.39. The fourth-order valence-corrected chi connectivity index (χ4v) is 1.57. The molecule has 3 N–H and O–H groups in total. The van der Waals surface area contributed by atoms with Crippen LogP contribution in [0.2, 0.25) is 0 Å². The van der Waals surface area contributed by atoms with Crippen molar-refractivity contribution >= 4 is 0 Å². The highest BCUT2D eigenvalue weighted by Crippen LogP contribution is 2.11. The first-order valence-electron chi connectivity index (χ1n) is 5.19. The van der Waals surface area contributed by atoms with Crippen LogP contribution >= 0.6 is 0 Å². The normalized spacial score (nSPS) is 23.8. The van der Waals surface area contributed by atoms with Crippen molar-refractivity contribution < 1.29 is 5.11 Å². The molecule has 1 heterocycles. The molecular weight excluding hydrogens is 164 g/mol. The van der Waals surface area contributed by atoms with Gasteiger partial charge in [0.2, 0.25) is 0 Å². The van der Waals surface area contributed by atoms with E-state index in [2.05, 4.69) is 24.5 Å². The van der Waals surface area contributed by atoms with Gasteiger partial charge in [-0.2, -0.15) is 0 Å². The molecule has 1 aliphatic rings. The summed E-state index contributed by atoms with van der Waals surface area (Å²) in [4.78, 5) is 0. The van der Waals surface area contributed by atoms with Gasteiger partial charge in [-0.25, -0.2) is 0 Å². The van der Waals surface area contributed by atoms with Gasteiger partial charge in [0.25, 0.3) is 0 Å². The average Bonchev–Trinajstić information content (AvgIpc) is 2.57. The number of hydrogen-bond acceptors (Lipinski definition) is 3. The van der Waals surface area contributed by atoms with Crippen molar-refractivity contribution in [1.82, 2.24) is 10.6 Å². The highest BCUT2D eigenvalue weighted by molar-refractivity contribution is 4.78. The van der Waals surface area contributed by atoms with Crippen LogP contribution in [0.1, 0.15) is 26.7 Å². The predicted octanol–water partition coefficient (Wildman–Crippen LogP) is 0.346. The first-order valence-corrected chi connectivity index (χ1v) is 5.19. The van der Waals surface area contributed by atoms with E-state index < -0.39 is 0 Å². The molecule has 0 aromatic carbocycles. The molecule has 1 aliphatic heterocycles. The van der Waals surface area contributed by atoms with Crippen LogP contribution in [0.15, 0.2) is 0 Å². The van der Waals surface area contributed by atoms with Crippen molar-refractivity contribution in [2.45, 2.75) is 32.7 Å². The third kappa shape index (κ3) is 4.07. The monoisotopic (exact) mass is 186 g/mol. The molecule has 0 amide bonds. The van der Waals surface area contributed by atoms with Gasteiger partial charge in [0, 0.05) is 31.2 Å². The van der Waals surface area contributed by atoms with Crippen LogP contribution in [0, 0.1) is 5.41 Å². The van der Waals surface area contributed by atoms with E-state index in [1.54, 1.807) is 0 Å². The first-order chi connectivity index (χ1) is 6.14. The molecule has 13 heavy (non-hydrogen) atoms. The van der Waals surface area contributed by atoms with Gasteiger partial charge in [0.05, 0.1) is 0 Å². The van der Waals surface area contributed by atoms with Crippen LogP contribution in [0.3, 0.4) is 0 Å². The van der Waals surface area contributed by atoms with Crippen LogP contribution in [0.4, 0.5) is 0 Å². The summed E-state index contributed by atoms with van der Waals surface area (Å²) in [6, 6.07) is 0.648. The predicted molar refractivity (Wildman–Crippen MR) is 54.8 cm³/mol. The Hall–Kier alpha value is -0.120. The lowest BCUT2D eigenvalue weighted by atomic mass is 9.95. The lowest BCUT2D eigenvalue weighted by Gasteiger charge is -2.23. The number of nitrogens with one attached hydrogen (secondary N) is 2. The standard InChI is InChI=1S/C10H22N2O/c1-10(2,8-13)7-11-6-9-4-3-5-12-9/h9,11-13H,3-8H2,1-2H3. The van der Waals surface area contributed by atoms with E-state index in [9.17, 15) is 0 Å². The van der Waals surface area contributed by atoms with Crippen LogP contribution in [0.5, 0.6) is 0 Å². The molecule has 3 nitrogen and oxygen atoms in total. The molecular formula is C10H22N2O. The average molecular weight is 186 g/mol. The third-order valence-corrected chi connectivity index (χ3v) is 2.58. The topological polar surface area (TPSA) is 44.3 Å². The van der Waals surface area contributed by atoms with Crippen LogP contribution < -0.4 is 10.6 Å². The molecule has 0 aromatic heterocycles. The number of hydrogen-bond donors (Lipinski definition) is 3. The Morgan fingerprint density at radius 1 is 1.54 bits per heavy atom. The van der Waals surface area contributed by atoms with Gasteiger partial charge in [-0.3, -0.25) is 0 Å². The number of aliphatic hydroxyl groups excluding tert-OH is 1. The highest BCUT2D eigenvalue weighted by Gasteiger charge is 2.18. The van der Waals surface area contributed by atoms with E-state index >= 15 is 0 Å². The third-order valence-electron chi connectivity index (χ3n) is 2.58. The van der Waals surface area contributed by atoms with E-state index in [-0.39, 0.29) is 12.0 Å². The molecule has 0 spiro atoms. The summed E-state index contributed by atoms with van der Waals surface area (Å²) in [5.74, 6) is 0. The summed E-state index contributed by atoms with van der Waals surface area (Å²) >= 11 is 0. The minimum Gasteiger partial charge on any atom is -0.396 e. The lowest BCUT2D eigenvalue weighted by molar-refractivity contribution is 0.156. The molecule has 3 heteroatoms. The van der Waals surface area contributed by atoms with Crippen molar-refractivity contribution in [3.8, 4) is 0 Å². The maximum absolute atomic E-state index is 9.03. The smallest absolute Gasteiger partial charge is 0.0494 e. The Kier molecular flexibility index (Phi) is 4.16. The van der Waals surface area contributed by atoms with Crippen LogP contribution in [-0.2, 0) is 0 Å². The van der Waals surface area contributed by atoms with Crippen LogP contribution in [-0.4, -0.2) is 37.4 Å². The molecule has 78 valence electrons. The van der Waals surface area contributed by atoms with Crippen LogP contribution in [0.25, 0.3) is 0 Å². The minimum absolute atomic E-state index is 0.0125. The minimum atomic E-state index is 0.0125. The van der Waals surface area contributed by atoms with Gasteiger partial charge < -0.3 is 15.7 Å². The van der Waals surface area contributed by atoms with Crippen molar-refractivity contribution in [1.29, 1.82) is 0 Å². The van der Waals surface area contributed by atoms with Gasteiger partial charge in [-0.15, -0.1) is 0 Å². The quantitative estimate of drug-likeness (QED) is 0.580. The Labute approximate surface area is 80.9 Å². The largest absolute Gasteiger partial charge is 0.396 e. The number of rotatable bonds is 5. The second-order valence-corrected chi connectivity index (χ2v) is 4.75. The van der Waals surface area contributed by atoms with Crippen molar-refractivity contribution in [3.05, 3.63) is 0 Å². The Balaban J connectivity index is 2.06. The zero-order chi connectivity index (χ0) is 9.73. The molecule has 1 saturated heterocycles. The maximum atomic E-state index is 9.03. The Bertz CT molecular complexity index is 142. The fraction of sp³-hybridized carbons (Fsp3) is 1.00. The molecule has 0 bridgehead atoms. The molecule has 0 saturated carbocycles. The van der Waals surface area contributed by atoms with Crippen molar-refractivity contribution in [2.24, 2.45) is 5.41 Å². The first kappa shape index (κ1) is 11.0. The van der Waals surface area contributed by atoms with E-state index in [0.29, 0.717) is 6.04 Å². The van der Waals surface area contributed by atoms with Gasteiger partial charge >= 0.3 is 0 Å². The molecule has 0 radical (unpaired) electrons. The molecule has 1 rings (SSSR count). The molecule has 0 aromatic rings. The fourth-order valence-electron chi connectivity index (χ4n) is 1.57. The van der Waals surface area contributed by atoms with E-state index in [1.807, 2.05) is 0 Å². The van der Waals surface area contributed by atoms with Gasteiger partial charge in [-0.1, -0.05) is 13.8 Å². The second-order valence-electron chi connectivity index (χ2n) is 4.75. The van der Waals surface area contributed by atoms with E-state index in [0.717, 1.165) is 19.6 Å². The van der Waals surface area contributed by atoms with E-state index in [1.165, 1.54) is 12.8 Å². The zero-order valence-corrected chi connectivity index (χ0v) is 8.77. The van der Waals surface area contributed by atoms with Gasteiger partial charge in [0.15, 0.2) is 0 Å². The summed E-state index contributed by atoms with van der Waals surface area (Å²) in [5.41, 5.74) is 0.0125. The summed E-state index contributed by atoms with van der Waals surface area (Å²) in [6.07, 6.45) is 2.59. The van der Waals surface area contributed by atoms with Crippen molar-refractivity contribution in [2.75, 3.05) is 26.2 Å². The van der Waals surface area contributed by atoms with Gasteiger partial charge in [0.1, 0.15) is 0 Å². The zero-order valence-electron chi connectivity index (χ0n) is 8.77. The molecule has 0 aliphatic carbocycles. The second kappa shape index (κ2) is 4.94. The summed E-state index contributed by atoms with van der Waals surface area (Å²) < 4.78 is 0. The molecule has 1 fully saturated rings. The van der Waals surface area contributed by atoms with E-state index in [4.69, 9.17) is 5.11 Å². The number of aliphatic hydroxyl groups is 1. The summed E-state index contributed by atoms with van der Waals surface area (Å²) in [7, 11) is 0. The maximum Gasteiger partial charge on any atom is 0.0494 e. The van der Waals surface area contributed by atoms with Gasteiger partial charge in [-0.05, 0) is 19.4 Å². The molecule has 1 unspecified atom stereocenters.